The van der Waals surface area contributed by atoms with Gasteiger partial charge in [-0.05, 0) is 43.9 Å². The van der Waals surface area contributed by atoms with E-state index in [0.717, 1.165) is 25.3 Å². The van der Waals surface area contributed by atoms with Gasteiger partial charge in [-0.2, -0.15) is 0 Å². The molecule has 100 valence electrons. The Morgan fingerprint density at radius 3 is 2.72 bits per heavy atom. The summed E-state index contributed by atoms with van der Waals surface area (Å²) in [4.78, 5) is 22.6. The molecule has 2 bridgehead atoms. The molecular formula is C14H20O4. The average molecular weight is 252 g/mol. The summed E-state index contributed by atoms with van der Waals surface area (Å²) < 4.78 is 10.3. The van der Waals surface area contributed by atoms with E-state index < -0.39 is 11.9 Å². The molecule has 0 N–H and O–H groups in total. The molecule has 2 saturated carbocycles. The Balaban J connectivity index is 1.89. The molecule has 0 aromatic carbocycles. The van der Waals surface area contributed by atoms with Crippen molar-refractivity contribution < 1.29 is 19.1 Å². The highest BCUT2D eigenvalue weighted by Crippen LogP contribution is 2.54. The van der Waals surface area contributed by atoms with Crippen LogP contribution in [0.15, 0.2) is 12.7 Å². The van der Waals surface area contributed by atoms with Gasteiger partial charge in [0, 0.05) is 6.08 Å². The predicted molar refractivity (Wildman–Crippen MR) is 65.7 cm³/mol. The molecule has 0 saturated heterocycles. The van der Waals surface area contributed by atoms with E-state index in [1.54, 1.807) is 0 Å². The largest absolute Gasteiger partial charge is 0.456 e. The molecule has 4 heteroatoms. The van der Waals surface area contributed by atoms with Crippen LogP contribution in [-0.2, 0) is 19.1 Å². The summed E-state index contributed by atoms with van der Waals surface area (Å²) >= 11 is 0. The predicted octanol–water partition coefficient (Wildman–Crippen LogP) is 2.23. The Labute approximate surface area is 107 Å². The normalized spacial score (nSPS) is 33.2. The van der Waals surface area contributed by atoms with E-state index in [1.165, 1.54) is 12.8 Å². The number of carbonyl (C=O) groups is 2. The van der Waals surface area contributed by atoms with Crippen molar-refractivity contribution in [1.29, 1.82) is 0 Å². The second-order valence-corrected chi connectivity index (χ2v) is 5.28. The number of carbonyl (C=O) groups excluding carboxylic acids is 2. The lowest BCUT2D eigenvalue weighted by atomic mass is 9.82. The zero-order valence-electron chi connectivity index (χ0n) is 10.8. The molecule has 0 spiro atoms. The summed E-state index contributed by atoms with van der Waals surface area (Å²) in [6.07, 6.45) is 6.44. The number of fused-ring (bicyclic) bond motifs is 2. The van der Waals surface area contributed by atoms with E-state index in [4.69, 9.17) is 9.47 Å². The summed E-state index contributed by atoms with van der Waals surface area (Å²) in [5.74, 6) is 0.162. The first-order valence-electron chi connectivity index (χ1n) is 6.60. The fraction of sp³-hybridized carbons (Fsp3) is 0.714. The lowest BCUT2D eigenvalue weighted by molar-refractivity contribution is -0.174. The van der Waals surface area contributed by atoms with Crippen LogP contribution in [0.1, 0.15) is 39.0 Å². The van der Waals surface area contributed by atoms with Gasteiger partial charge in [0.05, 0.1) is 0 Å². The molecule has 2 fully saturated rings. The van der Waals surface area contributed by atoms with E-state index in [2.05, 4.69) is 13.5 Å². The van der Waals surface area contributed by atoms with Crippen LogP contribution in [0.3, 0.4) is 0 Å². The first-order valence-corrected chi connectivity index (χ1v) is 6.60. The van der Waals surface area contributed by atoms with E-state index in [9.17, 15) is 9.59 Å². The van der Waals surface area contributed by atoms with Crippen LogP contribution in [0.2, 0.25) is 0 Å². The number of ether oxygens (including phenoxy) is 2. The molecule has 0 radical (unpaired) electrons. The number of hydrogen-bond acceptors (Lipinski definition) is 4. The second-order valence-electron chi connectivity index (χ2n) is 5.28. The molecule has 4 nitrogen and oxygen atoms in total. The standard InChI is InChI=1S/C14H20O4/c1-3-12(15)17-9-13(16)18-14(4-2)8-10-5-6-11(14)7-10/h3,10-11H,1,4-9H2,2H3. The molecule has 0 aromatic heterocycles. The summed E-state index contributed by atoms with van der Waals surface area (Å²) in [7, 11) is 0. The lowest BCUT2D eigenvalue weighted by Gasteiger charge is -2.36. The molecule has 0 heterocycles. The van der Waals surface area contributed by atoms with Crippen molar-refractivity contribution in [3.05, 3.63) is 12.7 Å². The molecule has 18 heavy (non-hydrogen) atoms. The minimum absolute atomic E-state index is 0.305. The van der Waals surface area contributed by atoms with Gasteiger partial charge in [-0.15, -0.1) is 0 Å². The van der Waals surface area contributed by atoms with Crippen LogP contribution in [0.5, 0.6) is 0 Å². The third-order valence-electron chi connectivity index (χ3n) is 4.33. The van der Waals surface area contributed by atoms with Gasteiger partial charge in [0.2, 0.25) is 0 Å². The van der Waals surface area contributed by atoms with Gasteiger partial charge in [-0.25, -0.2) is 9.59 Å². The van der Waals surface area contributed by atoms with E-state index >= 15 is 0 Å². The Hall–Kier alpha value is -1.32. The summed E-state index contributed by atoms with van der Waals surface area (Å²) in [5.41, 5.74) is -0.305. The van der Waals surface area contributed by atoms with Crippen LogP contribution < -0.4 is 0 Å². The van der Waals surface area contributed by atoms with Crippen LogP contribution in [0.25, 0.3) is 0 Å². The first kappa shape index (κ1) is 13.1. The van der Waals surface area contributed by atoms with Gasteiger partial charge in [0.1, 0.15) is 5.60 Å². The molecular weight excluding hydrogens is 232 g/mol. The fourth-order valence-electron chi connectivity index (χ4n) is 3.47. The van der Waals surface area contributed by atoms with Crippen molar-refractivity contribution in [1.82, 2.24) is 0 Å². The fourth-order valence-corrected chi connectivity index (χ4v) is 3.47. The van der Waals surface area contributed by atoms with Crippen LogP contribution in [-0.4, -0.2) is 24.1 Å². The zero-order chi connectivity index (χ0) is 13.2. The maximum Gasteiger partial charge on any atom is 0.344 e. The van der Waals surface area contributed by atoms with Crippen molar-refractivity contribution in [3.63, 3.8) is 0 Å². The minimum atomic E-state index is -0.592. The maximum atomic E-state index is 11.7. The Kier molecular flexibility index (Phi) is 3.73. The Morgan fingerprint density at radius 1 is 1.44 bits per heavy atom. The van der Waals surface area contributed by atoms with Crippen LogP contribution >= 0.6 is 0 Å². The SMILES string of the molecule is C=CC(=O)OCC(=O)OC1(CC)CC2CCC1C2. The molecule has 3 atom stereocenters. The Morgan fingerprint density at radius 2 is 2.22 bits per heavy atom. The van der Waals surface area contributed by atoms with E-state index in [0.29, 0.717) is 11.8 Å². The first-order chi connectivity index (χ1) is 8.59. The molecule has 3 unspecified atom stereocenters. The van der Waals surface area contributed by atoms with Crippen molar-refractivity contribution in [2.45, 2.75) is 44.6 Å². The highest BCUT2D eigenvalue weighted by atomic mass is 16.6. The zero-order valence-corrected chi connectivity index (χ0v) is 10.8. The molecule has 2 aliphatic carbocycles. The monoisotopic (exact) mass is 252 g/mol. The average Bonchev–Trinajstić information content (AvgIpc) is 2.96. The van der Waals surface area contributed by atoms with Gasteiger partial charge >= 0.3 is 11.9 Å². The van der Waals surface area contributed by atoms with Gasteiger partial charge in [0.25, 0.3) is 0 Å². The van der Waals surface area contributed by atoms with Gasteiger partial charge in [-0.1, -0.05) is 13.5 Å². The lowest BCUT2D eigenvalue weighted by Crippen LogP contribution is -2.40. The summed E-state index contributed by atoms with van der Waals surface area (Å²) in [6, 6.07) is 0. The summed E-state index contributed by atoms with van der Waals surface area (Å²) in [6.45, 7) is 5.02. The third kappa shape index (κ3) is 2.42. The van der Waals surface area contributed by atoms with Crippen LogP contribution in [0.4, 0.5) is 0 Å². The summed E-state index contributed by atoms with van der Waals surface area (Å²) in [5, 5.41) is 0. The van der Waals surface area contributed by atoms with Gasteiger partial charge in [0.15, 0.2) is 6.61 Å². The topological polar surface area (TPSA) is 52.6 Å². The smallest absolute Gasteiger partial charge is 0.344 e. The van der Waals surface area contributed by atoms with E-state index in [1.807, 2.05) is 0 Å². The van der Waals surface area contributed by atoms with Crippen LogP contribution in [0, 0.1) is 11.8 Å². The van der Waals surface area contributed by atoms with Gasteiger partial charge in [-0.3, -0.25) is 0 Å². The van der Waals surface area contributed by atoms with Crippen molar-refractivity contribution in [3.8, 4) is 0 Å². The number of hydrogen-bond donors (Lipinski definition) is 0. The van der Waals surface area contributed by atoms with Crippen molar-refractivity contribution in [2.24, 2.45) is 11.8 Å². The highest BCUT2D eigenvalue weighted by molar-refractivity contribution is 5.83. The molecule has 0 amide bonds. The Bertz CT molecular complexity index is 363. The van der Waals surface area contributed by atoms with E-state index in [-0.39, 0.29) is 12.2 Å². The minimum Gasteiger partial charge on any atom is -0.456 e. The van der Waals surface area contributed by atoms with Gasteiger partial charge < -0.3 is 9.47 Å². The molecule has 2 aliphatic rings. The maximum absolute atomic E-state index is 11.7. The second kappa shape index (κ2) is 5.12. The van der Waals surface area contributed by atoms with Crippen molar-refractivity contribution in [2.75, 3.05) is 6.61 Å². The molecule has 0 aliphatic heterocycles. The molecule has 0 aromatic rings. The third-order valence-corrected chi connectivity index (χ3v) is 4.33. The highest BCUT2D eigenvalue weighted by Gasteiger charge is 2.52. The quantitative estimate of drug-likeness (QED) is 0.556. The van der Waals surface area contributed by atoms with Crippen molar-refractivity contribution >= 4 is 11.9 Å². The number of esters is 2. The molecule has 2 rings (SSSR count). The number of rotatable bonds is 5.